The van der Waals surface area contributed by atoms with Crippen LogP contribution in [-0.2, 0) is 0 Å². The topological polar surface area (TPSA) is 18.5 Å². The van der Waals surface area contributed by atoms with Crippen molar-refractivity contribution < 1.29 is 0 Å². The minimum atomic E-state index is 0.799. The van der Waals surface area contributed by atoms with Crippen molar-refractivity contribution >= 4 is 17.3 Å². The molecular weight excluding hydrogens is 242 g/mol. The summed E-state index contributed by atoms with van der Waals surface area (Å²) in [6, 6.07) is 0.799. The van der Waals surface area contributed by atoms with Crippen LogP contribution in [0.15, 0.2) is 0 Å². The van der Waals surface area contributed by atoms with E-state index in [1.807, 2.05) is 0 Å². The Kier molecular flexibility index (Phi) is 5.25. The van der Waals surface area contributed by atoms with Gasteiger partial charge in [-0.15, -0.1) is 0 Å². The van der Waals surface area contributed by atoms with Crippen LogP contribution in [0, 0.1) is 5.92 Å². The zero-order valence-corrected chi connectivity index (χ0v) is 12.6. The summed E-state index contributed by atoms with van der Waals surface area (Å²) in [5.41, 5.74) is 0. The number of likely N-dealkylation sites (tertiary alicyclic amines) is 2. The third kappa shape index (κ3) is 3.35. The van der Waals surface area contributed by atoms with E-state index in [0.29, 0.717) is 0 Å². The van der Waals surface area contributed by atoms with E-state index in [-0.39, 0.29) is 0 Å². The van der Waals surface area contributed by atoms with Gasteiger partial charge in [0.15, 0.2) is 5.11 Å². The molecule has 0 aromatic rings. The number of rotatable bonds is 3. The Balaban J connectivity index is 1.81. The van der Waals surface area contributed by atoms with Crippen molar-refractivity contribution in [2.24, 2.45) is 5.92 Å². The summed E-state index contributed by atoms with van der Waals surface area (Å²) in [7, 11) is 2.28. The summed E-state index contributed by atoms with van der Waals surface area (Å²) in [6.07, 6.45) is 6.44. The number of hydrogen-bond acceptors (Lipinski definition) is 2. The third-order valence-electron chi connectivity index (χ3n) is 4.44. The molecule has 2 fully saturated rings. The van der Waals surface area contributed by atoms with Crippen molar-refractivity contribution in [2.45, 2.75) is 45.1 Å². The van der Waals surface area contributed by atoms with Crippen LogP contribution in [0.1, 0.15) is 39.0 Å². The number of hydrogen-bond donors (Lipinski definition) is 1. The molecule has 0 aliphatic carbocycles. The van der Waals surface area contributed by atoms with Gasteiger partial charge in [-0.3, -0.25) is 0 Å². The van der Waals surface area contributed by atoms with Crippen LogP contribution in [0.3, 0.4) is 0 Å². The fourth-order valence-electron chi connectivity index (χ4n) is 3.32. The predicted octanol–water partition coefficient (Wildman–Crippen LogP) is 2.08. The molecule has 4 heteroatoms. The summed E-state index contributed by atoms with van der Waals surface area (Å²) in [4.78, 5) is 4.95. The normalized spacial score (nSPS) is 28.9. The van der Waals surface area contributed by atoms with Gasteiger partial charge in [0.1, 0.15) is 0 Å². The fraction of sp³-hybridized carbons (Fsp3) is 0.929. The van der Waals surface area contributed by atoms with Crippen LogP contribution in [-0.4, -0.2) is 54.2 Å². The standard InChI is InChI=1S/C14H27N3S/c1-3-4-8-15-14(18)17-10-7-13-12(11-17)6-5-9-16(13)2/h12-13H,3-11H2,1-2H3,(H,15,18). The largest absolute Gasteiger partial charge is 0.363 e. The van der Waals surface area contributed by atoms with Gasteiger partial charge in [0.2, 0.25) is 0 Å². The molecular formula is C14H27N3S. The van der Waals surface area contributed by atoms with Crippen LogP contribution in [0.4, 0.5) is 0 Å². The second-order valence-electron chi connectivity index (χ2n) is 5.77. The van der Waals surface area contributed by atoms with E-state index in [1.54, 1.807) is 0 Å². The first-order valence-electron chi connectivity index (χ1n) is 7.45. The Labute approximate surface area is 117 Å². The van der Waals surface area contributed by atoms with Crippen molar-refractivity contribution in [3.63, 3.8) is 0 Å². The lowest BCUT2D eigenvalue weighted by Gasteiger charge is -2.46. The molecule has 2 heterocycles. The molecule has 0 spiro atoms. The molecule has 2 rings (SSSR count). The van der Waals surface area contributed by atoms with Crippen molar-refractivity contribution in [3.8, 4) is 0 Å². The zero-order valence-electron chi connectivity index (χ0n) is 11.8. The van der Waals surface area contributed by atoms with Crippen LogP contribution in [0.25, 0.3) is 0 Å². The maximum absolute atomic E-state index is 5.51. The first kappa shape index (κ1) is 14.1. The van der Waals surface area contributed by atoms with E-state index in [1.165, 1.54) is 38.6 Å². The molecule has 104 valence electrons. The lowest BCUT2D eigenvalue weighted by molar-refractivity contribution is 0.0629. The van der Waals surface area contributed by atoms with Gasteiger partial charge in [-0.25, -0.2) is 0 Å². The number of fused-ring (bicyclic) bond motifs is 1. The molecule has 0 amide bonds. The highest BCUT2D eigenvalue weighted by Gasteiger charge is 2.34. The van der Waals surface area contributed by atoms with Gasteiger partial charge in [-0.05, 0) is 57.4 Å². The number of nitrogens with one attached hydrogen (secondary N) is 1. The summed E-state index contributed by atoms with van der Waals surface area (Å²) in [6.45, 7) is 6.81. The molecule has 0 aromatic carbocycles. The van der Waals surface area contributed by atoms with E-state index in [4.69, 9.17) is 12.2 Å². The molecule has 18 heavy (non-hydrogen) atoms. The molecule has 2 atom stereocenters. The Bertz CT molecular complexity index is 282. The van der Waals surface area contributed by atoms with Gasteiger partial charge in [0, 0.05) is 25.7 Å². The molecule has 0 radical (unpaired) electrons. The van der Waals surface area contributed by atoms with Crippen LogP contribution >= 0.6 is 12.2 Å². The smallest absolute Gasteiger partial charge is 0.168 e. The molecule has 3 nitrogen and oxygen atoms in total. The maximum Gasteiger partial charge on any atom is 0.168 e. The van der Waals surface area contributed by atoms with E-state index in [9.17, 15) is 0 Å². The van der Waals surface area contributed by atoms with Crippen molar-refractivity contribution in [1.29, 1.82) is 0 Å². The Morgan fingerprint density at radius 1 is 1.33 bits per heavy atom. The Hall–Kier alpha value is -0.350. The van der Waals surface area contributed by atoms with E-state index < -0.39 is 0 Å². The Morgan fingerprint density at radius 3 is 2.94 bits per heavy atom. The quantitative estimate of drug-likeness (QED) is 0.624. The number of nitrogens with zero attached hydrogens (tertiary/aromatic N) is 2. The first-order chi connectivity index (χ1) is 8.72. The Morgan fingerprint density at radius 2 is 2.17 bits per heavy atom. The number of piperidine rings is 2. The van der Waals surface area contributed by atoms with Crippen molar-refractivity contribution in [3.05, 3.63) is 0 Å². The highest BCUT2D eigenvalue weighted by Crippen LogP contribution is 2.29. The minimum absolute atomic E-state index is 0.799. The monoisotopic (exact) mass is 269 g/mol. The first-order valence-corrected chi connectivity index (χ1v) is 7.86. The van der Waals surface area contributed by atoms with Gasteiger partial charge in [0.25, 0.3) is 0 Å². The van der Waals surface area contributed by atoms with Gasteiger partial charge < -0.3 is 15.1 Å². The lowest BCUT2D eigenvalue weighted by Crippen LogP contribution is -2.55. The zero-order chi connectivity index (χ0) is 13.0. The van der Waals surface area contributed by atoms with Gasteiger partial charge in [0.05, 0.1) is 0 Å². The molecule has 1 N–H and O–H groups in total. The van der Waals surface area contributed by atoms with E-state index >= 15 is 0 Å². The summed E-state index contributed by atoms with van der Waals surface area (Å²) in [5.74, 6) is 0.823. The molecule has 2 unspecified atom stereocenters. The maximum atomic E-state index is 5.51. The SMILES string of the molecule is CCCCNC(=S)N1CCC2C(CCCN2C)C1. The van der Waals surface area contributed by atoms with E-state index in [0.717, 1.165) is 36.7 Å². The highest BCUT2D eigenvalue weighted by molar-refractivity contribution is 7.80. The van der Waals surface area contributed by atoms with Crippen LogP contribution in [0.2, 0.25) is 0 Å². The molecule has 2 aliphatic rings. The highest BCUT2D eigenvalue weighted by atomic mass is 32.1. The van der Waals surface area contributed by atoms with Crippen LogP contribution < -0.4 is 5.32 Å². The van der Waals surface area contributed by atoms with Crippen molar-refractivity contribution in [2.75, 3.05) is 33.2 Å². The van der Waals surface area contributed by atoms with Gasteiger partial charge >= 0.3 is 0 Å². The number of thiocarbonyl (C=S) groups is 1. The fourth-order valence-corrected chi connectivity index (χ4v) is 3.59. The average molecular weight is 269 g/mol. The van der Waals surface area contributed by atoms with E-state index in [2.05, 4.69) is 29.1 Å². The molecule has 2 aliphatic heterocycles. The van der Waals surface area contributed by atoms with Gasteiger partial charge in [-0.2, -0.15) is 0 Å². The predicted molar refractivity (Wildman–Crippen MR) is 80.8 cm³/mol. The average Bonchev–Trinajstić information content (AvgIpc) is 2.39. The van der Waals surface area contributed by atoms with Crippen molar-refractivity contribution in [1.82, 2.24) is 15.1 Å². The molecule has 0 bridgehead atoms. The number of unbranched alkanes of at least 4 members (excludes halogenated alkanes) is 1. The molecule has 0 saturated carbocycles. The lowest BCUT2D eigenvalue weighted by atomic mass is 9.84. The summed E-state index contributed by atoms with van der Waals surface area (Å²) < 4.78 is 0. The summed E-state index contributed by atoms with van der Waals surface area (Å²) in [5, 5.41) is 4.39. The minimum Gasteiger partial charge on any atom is -0.363 e. The third-order valence-corrected chi connectivity index (χ3v) is 4.84. The second kappa shape index (κ2) is 6.71. The molecule has 2 saturated heterocycles. The second-order valence-corrected chi connectivity index (χ2v) is 6.16. The van der Waals surface area contributed by atoms with Crippen LogP contribution in [0.5, 0.6) is 0 Å². The summed E-state index contributed by atoms with van der Waals surface area (Å²) >= 11 is 5.51. The molecule has 0 aromatic heterocycles. The van der Waals surface area contributed by atoms with Gasteiger partial charge in [-0.1, -0.05) is 13.3 Å².